The number of ether oxygens (including phenoxy) is 3. The molecule has 0 saturated carbocycles. The van der Waals surface area contributed by atoms with Crippen LogP contribution in [0.2, 0.25) is 0 Å². The first-order valence-corrected chi connectivity index (χ1v) is 9.75. The number of methoxy groups -OCH3 is 1. The minimum absolute atomic E-state index is 0.0905. The molecule has 1 unspecified atom stereocenters. The van der Waals surface area contributed by atoms with Crippen LogP contribution in [0.25, 0.3) is 0 Å². The molecular weight excluding hydrogens is 336 g/mol. The van der Waals surface area contributed by atoms with E-state index in [4.69, 9.17) is 14.2 Å². The monoisotopic (exact) mass is 370 g/mol. The normalized spacial score (nSPS) is 21.8. The summed E-state index contributed by atoms with van der Waals surface area (Å²) in [5, 5.41) is 6.06. The summed E-state index contributed by atoms with van der Waals surface area (Å²) in [4.78, 5) is 18.5. The van der Waals surface area contributed by atoms with Crippen LogP contribution in [0.15, 0.2) is 4.99 Å². The van der Waals surface area contributed by atoms with Crippen molar-refractivity contribution >= 4 is 11.9 Å². The van der Waals surface area contributed by atoms with Crippen molar-refractivity contribution in [2.45, 2.75) is 44.8 Å². The molecule has 8 nitrogen and oxygen atoms in total. The molecule has 0 aromatic rings. The van der Waals surface area contributed by atoms with Crippen molar-refractivity contribution in [2.75, 3.05) is 59.7 Å². The zero-order chi connectivity index (χ0) is 18.6. The lowest BCUT2D eigenvalue weighted by molar-refractivity contribution is -0.119. The maximum atomic E-state index is 11.8. The highest BCUT2D eigenvalue weighted by atomic mass is 16.5. The van der Waals surface area contributed by atoms with Gasteiger partial charge < -0.3 is 29.7 Å². The van der Waals surface area contributed by atoms with Gasteiger partial charge in [0, 0.05) is 39.9 Å². The molecule has 0 spiro atoms. The topological polar surface area (TPSA) is 84.4 Å². The van der Waals surface area contributed by atoms with Crippen LogP contribution in [0.4, 0.5) is 0 Å². The molecule has 0 aromatic carbocycles. The number of nitrogens with one attached hydrogen (secondary N) is 2. The van der Waals surface area contributed by atoms with E-state index in [1.807, 2.05) is 6.92 Å². The first-order chi connectivity index (χ1) is 12.7. The SMILES string of the molecule is CCNC(=NCC(=O)NCCOC)N1CCC(OCC2CCCO2)CC1. The largest absolute Gasteiger partial charge is 0.383 e. The van der Waals surface area contributed by atoms with E-state index in [0.717, 1.165) is 57.9 Å². The van der Waals surface area contributed by atoms with Crippen LogP contribution >= 0.6 is 0 Å². The number of aliphatic imine (C=N–C) groups is 1. The van der Waals surface area contributed by atoms with Gasteiger partial charge in [-0.3, -0.25) is 4.79 Å². The summed E-state index contributed by atoms with van der Waals surface area (Å²) in [6.45, 7) is 7.30. The number of rotatable bonds is 9. The van der Waals surface area contributed by atoms with E-state index in [1.165, 1.54) is 0 Å². The number of likely N-dealkylation sites (tertiary alicyclic amines) is 1. The summed E-state index contributed by atoms with van der Waals surface area (Å²) in [5.74, 6) is 0.708. The van der Waals surface area contributed by atoms with Crippen molar-refractivity contribution in [1.82, 2.24) is 15.5 Å². The molecule has 2 aliphatic rings. The number of carbonyl (C=O) groups is 1. The van der Waals surface area contributed by atoms with E-state index in [2.05, 4.69) is 20.5 Å². The van der Waals surface area contributed by atoms with Gasteiger partial charge in [-0.1, -0.05) is 0 Å². The van der Waals surface area contributed by atoms with Crippen molar-refractivity contribution < 1.29 is 19.0 Å². The van der Waals surface area contributed by atoms with Crippen molar-refractivity contribution in [2.24, 2.45) is 4.99 Å². The second kappa shape index (κ2) is 12.1. The lowest BCUT2D eigenvalue weighted by Gasteiger charge is -2.34. The predicted molar refractivity (Wildman–Crippen MR) is 100 cm³/mol. The van der Waals surface area contributed by atoms with Gasteiger partial charge in [-0.05, 0) is 32.6 Å². The van der Waals surface area contributed by atoms with Gasteiger partial charge in [-0.2, -0.15) is 0 Å². The lowest BCUT2D eigenvalue weighted by Crippen LogP contribution is -2.47. The standard InChI is InChI=1S/C18H34N4O4/c1-3-19-18(21-13-17(23)20-8-12-24-2)22-9-6-15(7-10-22)26-14-16-5-4-11-25-16/h15-16H,3-14H2,1-2H3,(H,19,21)(H,20,23). The number of piperidine rings is 1. The van der Waals surface area contributed by atoms with Gasteiger partial charge >= 0.3 is 0 Å². The first-order valence-electron chi connectivity index (χ1n) is 9.75. The second-order valence-corrected chi connectivity index (χ2v) is 6.67. The van der Waals surface area contributed by atoms with Gasteiger partial charge in [0.2, 0.25) is 5.91 Å². The summed E-state index contributed by atoms with van der Waals surface area (Å²) in [5.41, 5.74) is 0. The predicted octanol–water partition coefficient (Wildman–Crippen LogP) is 0.375. The van der Waals surface area contributed by atoms with E-state index >= 15 is 0 Å². The fourth-order valence-corrected chi connectivity index (χ4v) is 3.17. The molecule has 1 amide bonds. The number of hydrogen-bond donors (Lipinski definition) is 2. The zero-order valence-electron chi connectivity index (χ0n) is 16.2. The van der Waals surface area contributed by atoms with Crippen LogP contribution < -0.4 is 10.6 Å². The minimum Gasteiger partial charge on any atom is -0.383 e. The third-order valence-corrected chi connectivity index (χ3v) is 4.62. The fourth-order valence-electron chi connectivity index (χ4n) is 3.17. The molecule has 2 saturated heterocycles. The molecular formula is C18H34N4O4. The Hall–Kier alpha value is -1.38. The summed E-state index contributed by atoms with van der Waals surface area (Å²) in [6.07, 6.45) is 4.77. The summed E-state index contributed by atoms with van der Waals surface area (Å²) in [7, 11) is 1.61. The van der Waals surface area contributed by atoms with Gasteiger partial charge in [0.1, 0.15) is 6.54 Å². The first kappa shape index (κ1) is 20.9. The summed E-state index contributed by atoms with van der Waals surface area (Å²) < 4.78 is 16.6. The average molecular weight is 370 g/mol. The molecule has 8 heteroatoms. The van der Waals surface area contributed by atoms with Crippen LogP contribution in [0.1, 0.15) is 32.6 Å². The maximum Gasteiger partial charge on any atom is 0.241 e. The number of nitrogens with zero attached hydrogens (tertiary/aromatic N) is 2. The van der Waals surface area contributed by atoms with Gasteiger partial charge in [0.25, 0.3) is 0 Å². The van der Waals surface area contributed by atoms with E-state index in [1.54, 1.807) is 7.11 Å². The van der Waals surface area contributed by atoms with E-state index in [0.29, 0.717) is 19.8 Å². The second-order valence-electron chi connectivity index (χ2n) is 6.67. The van der Waals surface area contributed by atoms with E-state index < -0.39 is 0 Å². The van der Waals surface area contributed by atoms with Gasteiger partial charge in [0.05, 0.1) is 25.4 Å². The van der Waals surface area contributed by atoms with Crippen molar-refractivity contribution in [3.05, 3.63) is 0 Å². The Morgan fingerprint density at radius 2 is 2.08 bits per heavy atom. The van der Waals surface area contributed by atoms with Gasteiger partial charge in [-0.25, -0.2) is 4.99 Å². The van der Waals surface area contributed by atoms with E-state index in [9.17, 15) is 4.79 Å². The van der Waals surface area contributed by atoms with Crippen LogP contribution in [0, 0.1) is 0 Å². The molecule has 0 aliphatic carbocycles. The third-order valence-electron chi connectivity index (χ3n) is 4.62. The molecule has 0 bridgehead atoms. The highest BCUT2D eigenvalue weighted by Gasteiger charge is 2.24. The van der Waals surface area contributed by atoms with Crippen molar-refractivity contribution in [3.63, 3.8) is 0 Å². The number of carbonyl (C=O) groups excluding carboxylic acids is 1. The molecule has 0 aromatic heterocycles. The van der Waals surface area contributed by atoms with Crippen LogP contribution in [0.5, 0.6) is 0 Å². The maximum absolute atomic E-state index is 11.8. The Kier molecular flexibility index (Phi) is 9.73. The molecule has 0 radical (unpaired) electrons. The molecule has 2 rings (SSSR count). The Morgan fingerprint density at radius 1 is 1.27 bits per heavy atom. The molecule has 1 atom stereocenters. The van der Waals surface area contributed by atoms with Crippen molar-refractivity contribution in [1.29, 1.82) is 0 Å². The Morgan fingerprint density at radius 3 is 2.73 bits per heavy atom. The molecule has 26 heavy (non-hydrogen) atoms. The molecule has 2 heterocycles. The summed E-state index contributed by atoms with van der Waals surface area (Å²) >= 11 is 0. The zero-order valence-corrected chi connectivity index (χ0v) is 16.2. The Bertz CT molecular complexity index is 433. The number of amides is 1. The van der Waals surface area contributed by atoms with Crippen LogP contribution in [-0.2, 0) is 19.0 Å². The molecule has 2 N–H and O–H groups in total. The van der Waals surface area contributed by atoms with Crippen LogP contribution in [-0.4, -0.2) is 88.6 Å². The number of guanidine groups is 1. The molecule has 150 valence electrons. The highest BCUT2D eigenvalue weighted by Crippen LogP contribution is 2.17. The smallest absolute Gasteiger partial charge is 0.241 e. The minimum atomic E-state index is -0.0905. The Labute approximate surface area is 156 Å². The van der Waals surface area contributed by atoms with Crippen LogP contribution in [0.3, 0.4) is 0 Å². The highest BCUT2D eigenvalue weighted by molar-refractivity contribution is 5.85. The average Bonchev–Trinajstić information content (AvgIpc) is 3.18. The quantitative estimate of drug-likeness (QED) is 0.347. The third kappa shape index (κ3) is 7.47. The summed E-state index contributed by atoms with van der Waals surface area (Å²) in [6, 6.07) is 0. The van der Waals surface area contributed by atoms with E-state index in [-0.39, 0.29) is 24.7 Å². The number of hydrogen-bond acceptors (Lipinski definition) is 5. The molecule has 2 fully saturated rings. The fraction of sp³-hybridized carbons (Fsp3) is 0.889. The Balaban J connectivity index is 1.71. The van der Waals surface area contributed by atoms with Gasteiger partial charge in [-0.15, -0.1) is 0 Å². The lowest BCUT2D eigenvalue weighted by atomic mass is 10.1. The molecule has 2 aliphatic heterocycles. The van der Waals surface area contributed by atoms with Gasteiger partial charge in [0.15, 0.2) is 5.96 Å². The van der Waals surface area contributed by atoms with Crippen molar-refractivity contribution in [3.8, 4) is 0 Å².